The van der Waals surface area contributed by atoms with Crippen molar-refractivity contribution in [1.82, 2.24) is 20.6 Å². The summed E-state index contributed by atoms with van der Waals surface area (Å²) in [5, 5.41) is 13.3. The highest BCUT2D eigenvalue weighted by Gasteiger charge is 2.38. The Morgan fingerprint density at radius 2 is 2.11 bits per heavy atom. The normalized spacial score (nSPS) is 18.6. The number of aromatic amines is 1. The van der Waals surface area contributed by atoms with Gasteiger partial charge in [-0.1, -0.05) is 17.3 Å². The first-order valence-corrected chi connectivity index (χ1v) is 5.81. The van der Waals surface area contributed by atoms with Crippen LogP contribution in [-0.2, 0) is 11.2 Å². The number of ketones is 1. The molecule has 19 heavy (non-hydrogen) atoms. The molecule has 1 amide bonds. The third-order valence-electron chi connectivity index (χ3n) is 3.25. The standard InChI is InChI=1S/C12H11N5O2/c1-17-9-5-3-2-4-7(9)11(18)8(12(17)19)6-10-13-15-16-14-10/h2-5,8H,6H2,1H3,(H,13,14,15,16). The first kappa shape index (κ1) is 11.5. The fourth-order valence-corrected chi connectivity index (χ4v) is 2.26. The highest BCUT2D eigenvalue weighted by atomic mass is 16.2. The predicted octanol–water partition coefficient (Wildman–Crippen LogP) is 0.218. The van der Waals surface area contributed by atoms with Gasteiger partial charge < -0.3 is 4.90 Å². The van der Waals surface area contributed by atoms with E-state index in [2.05, 4.69) is 20.6 Å². The van der Waals surface area contributed by atoms with Crippen LogP contribution >= 0.6 is 0 Å². The average molecular weight is 257 g/mol. The quantitative estimate of drug-likeness (QED) is 0.777. The van der Waals surface area contributed by atoms with Gasteiger partial charge in [0.05, 0.1) is 5.69 Å². The molecule has 0 saturated carbocycles. The molecule has 3 rings (SSSR count). The Hall–Kier alpha value is -2.57. The van der Waals surface area contributed by atoms with Gasteiger partial charge in [-0.25, -0.2) is 0 Å². The minimum atomic E-state index is -0.780. The van der Waals surface area contributed by atoms with Crippen molar-refractivity contribution in [2.45, 2.75) is 6.42 Å². The van der Waals surface area contributed by atoms with E-state index >= 15 is 0 Å². The number of para-hydroxylation sites is 1. The molecular weight excluding hydrogens is 246 g/mol. The van der Waals surface area contributed by atoms with Crippen molar-refractivity contribution in [1.29, 1.82) is 0 Å². The summed E-state index contributed by atoms with van der Waals surface area (Å²) in [5.74, 6) is -0.853. The van der Waals surface area contributed by atoms with Crippen molar-refractivity contribution in [2.24, 2.45) is 5.92 Å². The monoisotopic (exact) mass is 257 g/mol. The summed E-state index contributed by atoms with van der Waals surface area (Å²) in [7, 11) is 1.66. The van der Waals surface area contributed by atoms with E-state index in [0.717, 1.165) is 0 Å². The van der Waals surface area contributed by atoms with Gasteiger partial charge in [-0.05, 0) is 12.1 Å². The van der Waals surface area contributed by atoms with Crippen molar-refractivity contribution in [3.63, 3.8) is 0 Å². The Kier molecular flexibility index (Phi) is 2.59. The molecule has 1 unspecified atom stereocenters. The van der Waals surface area contributed by atoms with E-state index in [9.17, 15) is 9.59 Å². The predicted molar refractivity (Wildman–Crippen MR) is 65.6 cm³/mol. The lowest BCUT2D eigenvalue weighted by atomic mass is 9.88. The number of amides is 1. The van der Waals surface area contributed by atoms with Gasteiger partial charge in [-0.15, -0.1) is 10.2 Å². The molecule has 0 saturated heterocycles. The third kappa shape index (κ3) is 1.79. The third-order valence-corrected chi connectivity index (χ3v) is 3.25. The largest absolute Gasteiger partial charge is 0.314 e. The van der Waals surface area contributed by atoms with Gasteiger partial charge in [0.25, 0.3) is 0 Å². The number of tetrazole rings is 1. The van der Waals surface area contributed by atoms with E-state index < -0.39 is 5.92 Å². The van der Waals surface area contributed by atoms with Crippen LogP contribution in [0.3, 0.4) is 0 Å². The Balaban J connectivity index is 1.99. The molecule has 1 aromatic carbocycles. The molecule has 0 radical (unpaired) electrons. The number of benzene rings is 1. The second-order valence-corrected chi connectivity index (χ2v) is 4.36. The number of aromatic nitrogens is 4. The fraction of sp³-hybridized carbons (Fsp3) is 0.250. The SMILES string of the molecule is CN1C(=O)C(Cc2nn[nH]n2)C(=O)c2ccccc21. The van der Waals surface area contributed by atoms with Gasteiger partial charge in [-0.3, -0.25) is 9.59 Å². The van der Waals surface area contributed by atoms with E-state index in [1.807, 2.05) is 0 Å². The summed E-state index contributed by atoms with van der Waals surface area (Å²) in [6.07, 6.45) is 0.160. The van der Waals surface area contributed by atoms with Crippen LogP contribution < -0.4 is 4.90 Å². The molecule has 2 heterocycles. The van der Waals surface area contributed by atoms with Crippen molar-refractivity contribution in [3.05, 3.63) is 35.7 Å². The summed E-state index contributed by atoms with van der Waals surface area (Å²) in [6, 6.07) is 7.07. The Morgan fingerprint density at radius 1 is 1.32 bits per heavy atom. The minimum absolute atomic E-state index is 0.160. The van der Waals surface area contributed by atoms with Crippen molar-refractivity contribution < 1.29 is 9.59 Å². The number of nitrogens with zero attached hydrogens (tertiary/aromatic N) is 4. The average Bonchev–Trinajstić information content (AvgIpc) is 2.94. The lowest BCUT2D eigenvalue weighted by molar-refractivity contribution is -0.121. The molecule has 96 valence electrons. The summed E-state index contributed by atoms with van der Waals surface area (Å²) >= 11 is 0. The number of rotatable bonds is 2. The van der Waals surface area contributed by atoms with Crippen molar-refractivity contribution in [3.8, 4) is 0 Å². The smallest absolute Gasteiger partial charge is 0.238 e. The van der Waals surface area contributed by atoms with Crippen LogP contribution in [0.2, 0.25) is 0 Å². The van der Waals surface area contributed by atoms with Crippen LogP contribution in [0.4, 0.5) is 5.69 Å². The minimum Gasteiger partial charge on any atom is -0.314 e. The molecule has 7 heteroatoms. The molecule has 0 aliphatic carbocycles. The molecule has 1 aromatic heterocycles. The van der Waals surface area contributed by atoms with E-state index in [0.29, 0.717) is 17.1 Å². The lowest BCUT2D eigenvalue weighted by Crippen LogP contribution is -2.43. The number of carbonyl (C=O) groups excluding carboxylic acids is 2. The molecule has 2 aromatic rings. The Labute approximate surface area is 108 Å². The maximum atomic E-state index is 12.4. The van der Waals surface area contributed by atoms with Crippen LogP contribution in [0.1, 0.15) is 16.2 Å². The van der Waals surface area contributed by atoms with Gasteiger partial charge in [0, 0.05) is 19.0 Å². The number of nitrogens with one attached hydrogen (secondary N) is 1. The molecule has 0 fully saturated rings. The number of Topliss-reactive ketones (excluding diaryl/α,β-unsaturated/α-hetero) is 1. The first-order valence-electron chi connectivity index (χ1n) is 5.81. The maximum absolute atomic E-state index is 12.4. The highest BCUT2D eigenvalue weighted by Crippen LogP contribution is 2.30. The number of anilines is 1. The van der Waals surface area contributed by atoms with Gasteiger partial charge in [0.15, 0.2) is 11.6 Å². The highest BCUT2D eigenvalue weighted by molar-refractivity contribution is 6.21. The molecule has 1 N–H and O–H groups in total. The van der Waals surface area contributed by atoms with Gasteiger partial charge >= 0.3 is 0 Å². The second-order valence-electron chi connectivity index (χ2n) is 4.36. The topological polar surface area (TPSA) is 91.8 Å². The summed E-state index contributed by atoms with van der Waals surface area (Å²) in [6.45, 7) is 0. The second kappa shape index (κ2) is 4.27. The van der Waals surface area contributed by atoms with Crippen LogP contribution in [0, 0.1) is 5.92 Å². The van der Waals surface area contributed by atoms with Crippen molar-refractivity contribution in [2.75, 3.05) is 11.9 Å². The number of hydrogen-bond acceptors (Lipinski definition) is 5. The van der Waals surface area contributed by atoms with Crippen LogP contribution in [-0.4, -0.2) is 39.4 Å². The molecule has 1 atom stereocenters. The zero-order valence-corrected chi connectivity index (χ0v) is 10.2. The zero-order valence-electron chi connectivity index (χ0n) is 10.2. The number of H-pyrrole nitrogens is 1. The van der Waals surface area contributed by atoms with Crippen LogP contribution in [0.5, 0.6) is 0 Å². The molecular formula is C12H11N5O2. The molecule has 1 aliphatic heterocycles. The fourth-order valence-electron chi connectivity index (χ4n) is 2.26. The first-order chi connectivity index (χ1) is 9.18. The molecule has 0 spiro atoms. The van der Waals surface area contributed by atoms with Crippen LogP contribution in [0.15, 0.2) is 24.3 Å². The van der Waals surface area contributed by atoms with E-state index in [-0.39, 0.29) is 18.1 Å². The van der Waals surface area contributed by atoms with E-state index in [4.69, 9.17) is 0 Å². The van der Waals surface area contributed by atoms with Crippen molar-refractivity contribution >= 4 is 17.4 Å². The van der Waals surface area contributed by atoms with Crippen LogP contribution in [0.25, 0.3) is 0 Å². The summed E-state index contributed by atoms with van der Waals surface area (Å²) in [5.41, 5.74) is 1.19. The number of hydrogen-bond donors (Lipinski definition) is 1. The molecule has 0 bridgehead atoms. The number of fused-ring (bicyclic) bond motifs is 1. The molecule has 1 aliphatic rings. The lowest BCUT2D eigenvalue weighted by Gasteiger charge is -2.29. The van der Waals surface area contributed by atoms with E-state index in [1.54, 1.807) is 31.3 Å². The van der Waals surface area contributed by atoms with Gasteiger partial charge in [0.2, 0.25) is 5.91 Å². The maximum Gasteiger partial charge on any atom is 0.238 e. The van der Waals surface area contributed by atoms with Gasteiger partial charge in [0.1, 0.15) is 5.92 Å². The Morgan fingerprint density at radius 3 is 2.84 bits per heavy atom. The molecule has 7 nitrogen and oxygen atoms in total. The number of carbonyl (C=O) groups is 2. The van der Waals surface area contributed by atoms with Gasteiger partial charge in [-0.2, -0.15) is 5.21 Å². The summed E-state index contributed by atoms with van der Waals surface area (Å²) < 4.78 is 0. The van der Waals surface area contributed by atoms with E-state index in [1.165, 1.54) is 4.90 Å². The summed E-state index contributed by atoms with van der Waals surface area (Å²) in [4.78, 5) is 26.1. The Bertz CT molecular complexity index is 637. The zero-order chi connectivity index (χ0) is 13.4.